The second-order valence-corrected chi connectivity index (χ2v) is 6.64. The summed E-state index contributed by atoms with van der Waals surface area (Å²) < 4.78 is 14.9. The molecule has 1 nitrogen and oxygen atoms in total. The van der Waals surface area contributed by atoms with E-state index in [0.29, 0.717) is 5.02 Å². The van der Waals surface area contributed by atoms with Gasteiger partial charge in [-0.05, 0) is 65.4 Å². The quantitative estimate of drug-likeness (QED) is 0.560. The van der Waals surface area contributed by atoms with Crippen molar-refractivity contribution in [3.05, 3.63) is 60.8 Å². The summed E-state index contributed by atoms with van der Waals surface area (Å²) in [6, 6.07) is 10.5. The van der Waals surface area contributed by atoms with Crippen molar-refractivity contribution in [1.82, 2.24) is 0 Å². The van der Waals surface area contributed by atoms with Crippen LogP contribution in [0.15, 0.2) is 40.9 Å². The zero-order chi connectivity index (χ0) is 14.0. The highest BCUT2D eigenvalue weighted by Gasteiger charge is 2.11. The Kier molecular flexibility index (Phi) is 5.09. The van der Waals surface area contributed by atoms with Crippen molar-refractivity contribution in [2.24, 2.45) is 0 Å². The van der Waals surface area contributed by atoms with E-state index < -0.39 is 0 Å². The van der Waals surface area contributed by atoms with Crippen LogP contribution in [0.5, 0.6) is 0 Å². The molecule has 100 valence electrons. The van der Waals surface area contributed by atoms with Gasteiger partial charge in [0.25, 0.3) is 0 Å². The third kappa shape index (κ3) is 3.83. The summed E-state index contributed by atoms with van der Waals surface area (Å²) in [5.41, 5.74) is 1.90. The van der Waals surface area contributed by atoms with Gasteiger partial charge in [0.2, 0.25) is 0 Å². The van der Waals surface area contributed by atoms with E-state index >= 15 is 0 Å². The molecule has 0 radical (unpaired) electrons. The van der Waals surface area contributed by atoms with Crippen molar-refractivity contribution in [2.45, 2.75) is 13.0 Å². The molecule has 0 heterocycles. The van der Waals surface area contributed by atoms with Crippen molar-refractivity contribution in [3.8, 4) is 0 Å². The van der Waals surface area contributed by atoms with Gasteiger partial charge in [-0.25, -0.2) is 4.39 Å². The maximum atomic E-state index is 13.1. The van der Waals surface area contributed by atoms with E-state index in [2.05, 4.69) is 43.8 Å². The molecule has 0 saturated heterocycles. The monoisotopic (exact) mass is 453 g/mol. The molecule has 19 heavy (non-hydrogen) atoms. The predicted octanol–water partition coefficient (Wildman–Crippen LogP) is 6.02. The van der Waals surface area contributed by atoms with Crippen molar-refractivity contribution in [3.63, 3.8) is 0 Å². The Labute approximate surface area is 138 Å². The Hall–Kier alpha value is -0.330. The fourth-order valence-electron chi connectivity index (χ4n) is 1.77. The van der Waals surface area contributed by atoms with Crippen LogP contribution in [0, 0.1) is 9.39 Å². The largest absolute Gasteiger partial charge is 0.378 e. The molecule has 0 bridgehead atoms. The van der Waals surface area contributed by atoms with Crippen molar-refractivity contribution < 1.29 is 4.39 Å². The van der Waals surface area contributed by atoms with Gasteiger partial charge in [-0.3, -0.25) is 0 Å². The first-order valence-corrected chi connectivity index (χ1v) is 7.89. The number of benzene rings is 2. The number of rotatable bonds is 3. The first-order valence-electron chi connectivity index (χ1n) is 5.64. The van der Waals surface area contributed by atoms with E-state index in [0.717, 1.165) is 19.3 Å². The Morgan fingerprint density at radius 1 is 1.26 bits per heavy atom. The lowest BCUT2D eigenvalue weighted by atomic mass is 10.1. The highest BCUT2D eigenvalue weighted by molar-refractivity contribution is 14.1. The molecule has 2 aromatic rings. The average molecular weight is 455 g/mol. The van der Waals surface area contributed by atoms with Gasteiger partial charge in [-0.2, -0.15) is 0 Å². The maximum absolute atomic E-state index is 13.1. The summed E-state index contributed by atoms with van der Waals surface area (Å²) in [6.45, 7) is 2.02. The Morgan fingerprint density at radius 2 is 2.00 bits per heavy atom. The molecule has 0 saturated carbocycles. The third-order valence-corrected chi connectivity index (χ3v) is 4.45. The van der Waals surface area contributed by atoms with Gasteiger partial charge in [-0.1, -0.05) is 33.6 Å². The molecule has 0 spiro atoms. The lowest BCUT2D eigenvalue weighted by Gasteiger charge is -2.18. The fraction of sp³-hybridized carbons (Fsp3) is 0.143. The van der Waals surface area contributed by atoms with Crippen LogP contribution in [-0.2, 0) is 0 Å². The molecular weight excluding hydrogens is 443 g/mol. The van der Waals surface area contributed by atoms with Gasteiger partial charge in [0.1, 0.15) is 5.82 Å². The van der Waals surface area contributed by atoms with E-state index in [1.54, 1.807) is 6.07 Å². The minimum absolute atomic E-state index is 0.0413. The predicted molar refractivity (Wildman–Crippen MR) is 90.3 cm³/mol. The maximum Gasteiger partial charge on any atom is 0.124 e. The molecular formula is C14H11BrClFIN. The molecule has 0 aromatic heterocycles. The van der Waals surface area contributed by atoms with Gasteiger partial charge in [0.15, 0.2) is 0 Å². The molecule has 1 N–H and O–H groups in total. The fourth-order valence-corrected chi connectivity index (χ4v) is 3.24. The zero-order valence-electron chi connectivity index (χ0n) is 10.1. The van der Waals surface area contributed by atoms with Gasteiger partial charge < -0.3 is 5.32 Å². The van der Waals surface area contributed by atoms with Gasteiger partial charge in [0.05, 0.1) is 6.04 Å². The Bertz CT molecular complexity index is 606. The summed E-state index contributed by atoms with van der Waals surface area (Å²) in [5.74, 6) is -0.232. The summed E-state index contributed by atoms with van der Waals surface area (Å²) in [7, 11) is 0. The SMILES string of the molecule is CC(Nc1ccc(F)cc1I)c1ccc(Br)cc1Cl. The second-order valence-electron chi connectivity index (χ2n) is 4.16. The smallest absolute Gasteiger partial charge is 0.124 e. The van der Waals surface area contributed by atoms with Crippen LogP contribution in [0.4, 0.5) is 10.1 Å². The Morgan fingerprint density at radius 3 is 2.63 bits per heavy atom. The molecule has 0 aliphatic carbocycles. The molecule has 1 unspecified atom stereocenters. The normalized spacial score (nSPS) is 12.3. The first-order chi connectivity index (χ1) is 8.97. The average Bonchev–Trinajstić information content (AvgIpc) is 2.32. The van der Waals surface area contributed by atoms with Crippen LogP contribution < -0.4 is 5.32 Å². The molecule has 0 aliphatic rings. The van der Waals surface area contributed by atoms with E-state index in [-0.39, 0.29) is 11.9 Å². The molecule has 1 atom stereocenters. The van der Waals surface area contributed by atoms with Crippen LogP contribution >= 0.6 is 50.1 Å². The third-order valence-electron chi connectivity index (χ3n) is 2.73. The molecule has 0 fully saturated rings. The number of hydrogen-bond acceptors (Lipinski definition) is 1. The highest BCUT2D eigenvalue weighted by Crippen LogP contribution is 2.30. The van der Waals surface area contributed by atoms with Gasteiger partial charge in [0, 0.05) is 18.8 Å². The summed E-state index contributed by atoms with van der Waals surface area (Å²) in [5, 5.41) is 4.04. The molecule has 0 amide bonds. The van der Waals surface area contributed by atoms with Gasteiger partial charge >= 0.3 is 0 Å². The van der Waals surface area contributed by atoms with E-state index in [1.807, 2.05) is 25.1 Å². The minimum atomic E-state index is -0.232. The van der Waals surface area contributed by atoms with Gasteiger partial charge in [-0.15, -0.1) is 0 Å². The summed E-state index contributed by atoms with van der Waals surface area (Å²) in [6.07, 6.45) is 0. The van der Waals surface area contributed by atoms with Crippen LogP contribution in [0.25, 0.3) is 0 Å². The van der Waals surface area contributed by atoms with Crippen LogP contribution in [-0.4, -0.2) is 0 Å². The van der Waals surface area contributed by atoms with Crippen molar-refractivity contribution >= 4 is 55.8 Å². The lowest BCUT2D eigenvalue weighted by molar-refractivity contribution is 0.627. The van der Waals surface area contributed by atoms with E-state index in [9.17, 15) is 4.39 Å². The van der Waals surface area contributed by atoms with E-state index in [4.69, 9.17) is 11.6 Å². The van der Waals surface area contributed by atoms with Crippen LogP contribution in [0.2, 0.25) is 5.02 Å². The lowest BCUT2D eigenvalue weighted by Crippen LogP contribution is -2.08. The first kappa shape index (κ1) is 15.1. The number of halogens is 4. The Balaban J connectivity index is 2.23. The summed E-state index contributed by atoms with van der Waals surface area (Å²) >= 11 is 11.7. The summed E-state index contributed by atoms with van der Waals surface area (Å²) in [4.78, 5) is 0. The van der Waals surface area contributed by atoms with Crippen LogP contribution in [0.1, 0.15) is 18.5 Å². The molecule has 2 aromatic carbocycles. The standard InChI is InChI=1S/C14H11BrClFIN/c1-8(11-4-2-9(15)6-12(11)16)19-14-5-3-10(17)7-13(14)18/h2-8,19H,1H3. The zero-order valence-corrected chi connectivity index (χ0v) is 14.6. The topological polar surface area (TPSA) is 12.0 Å². The van der Waals surface area contributed by atoms with Crippen molar-refractivity contribution in [2.75, 3.05) is 5.32 Å². The van der Waals surface area contributed by atoms with E-state index in [1.165, 1.54) is 12.1 Å². The number of anilines is 1. The van der Waals surface area contributed by atoms with Crippen molar-refractivity contribution in [1.29, 1.82) is 0 Å². The second kappa shape index (κ2) is 6.41. The minimum Gasteiger partial charge on any atom is -0.378 e. The molecule has 0 aliphatic heterocycles. The van der Waals surface area contributed by atoms with Crippen LogP contribution in [0.3, 0.4) is 0 Å². The highest BCUT2D eigenvalue weighted by atomic mass is 127. The molecule has 5 heteroatoms. The molecule has 2 rings (SSSR count). The number of hydrogen-bond donors (Lipinski definition) is 1. The number of nitrogens with one attached hydrogen (secondary N) is 1.